The molecule has 2 aromatic carbocycles. The van der Waals surface area contributed by atoms with E-state index < -0.39 is 0 Å². The number of fused-ring (bicyclic) bond motifs is 2. The fraction of sp³-hybridized carbons (Fsp3) is 0.457. The second kappa shape index (κ2) is 34.0. The number of nitrogens with zero attached hydrogens (tertiary/aromatic N) is 5. The van der Waals surface area contributed by atoms with Gasteiger partial charge < -0.3 is 144 Å². The van der Waals surface area contributed by atoms with Crippen LogP contribution in [0.3, 0.4) is 0 Å². The third-order valence-corrected chi connectivity index (χ3v) is 7.32. The summed E-state index contributed by atoms with van der Waals surface area (Å²) in [7, 11) is 0. The maximum Gasteiger partial charge on any atom is 3.00 e. The Labute approximate surface area is 406 Å². The van der Waals surface area contributed by atoms with E-state index in [1.807, 2.05) is 13.8 Å². The van der Waals surface area contributed by atoms with Gasteiger partial charge in [-0.1, -0.05) is 94.1 Å². The van der Waals surface area contributed by atoms with E-state index in [9.17, 15) is 0 Å². The summed E-state index contributed by atoms with van der Waals surface area (Å²) in [5.74, 6) is 1.74. The Bertz CT molecular complexity index is 1420. The van der Waals surface area contributed by atoms with Gasteiger partial charge in [-0.25, -0.2) is 0 Å². The number of imidazole rings is 2. The summed E-state index contributed by atoms with van der Waals surface area (Å²) in [5.41, 5.74) is 4.66. The molecule has 49 heavy (non-hydrogen) atoms. The molecular formula is C35H47Au2Cl2I4N5O. The maximum atomic E-state index is 5.10. The Morgan fingerprint density at radius 2 is 0.939 bits per heavy atom. The van der Waals surface area contributed by atoms with Crippen LogP contribution in [0.1, 0.15) is 79.1 Å². The Hall–Kier alpha value is 1.47. The number of halogens is 6. The van der Waals surface area contributed by atoms with Crippen molar-refractivity contribution in [3.63, 3.8) is 0 Å². The van der Waals surface area contributed by atoms with Crippen LogP contribution in [0.5, 0.6) is 0 Å². The van der Waals surface area contributed by atoms with Crippen LogP contribution in [-0.2, 0) is 62.6 Å². The molecule has 0 fully saturated rings. The predicted molar refractivity (Wildman–Crippen MR) is 166 cm³/mol. The molecule has 0 aliphatic carbocycles. The molecule has 3 aromatic heterocycles. The Morgan fingerprint density at radius 1 is 0.551 bits per heavy atom. The molecule has 282 valence electrons. The van der Waals surface area contributed by atoms with Crippen molar-refractivity contribution in [2.24, 2.45) is 0 Å². The van der Waals surface area contributed by atoms with Crippen LogP contribution in [0.25, 0.3) is 33.7 Å². The molecule has 5 aromatic rings. The van der Waals surface area contributed by atoms with Crippen LogP contribution in [0.4, 0.5) is 0 Å². The molecule has 0 spiro atoms. The van der Waals surface area contributed by atoms with Gasteiger partial charge in [0.25, 0.3) is 0 Å². The topological polar surface area (TPSA) is 39.7 Å². The van der Waals surface area contributed by atoms with Gasteiger partial charge in [0.05, 0.1) is 35.2 Å². The number of aryl methyl sites for hydroxylation is 2. The van der Waals surface area contributed by atoms with Gasteiger partial charge in [-0.05, 0) is 51.7 Å². The summed E-state index contributed by atoms with van der Waals surface area (Å²) >= 11 is 0. The van der Waals surface area contributed by atoms with Gasteiger partial charge in [0, 0.05) is 13.2 Å². The molecule has 0 amide bonds. The van der Waals surface area contributed by atoms with Crippen LogP contribution < -0.4 is 130 Å². The maximum absolute atomic E-state index is 5.10. The summed E-state index contributed by atoms with van der Waals surface area (Å²) in [6.45, 7) is 12.1. The van der Waals surface area contributed by atoms with Crippen molar-refractivity contribution < 1.29 is 179 Å². The fourth-order valence-corrected chi connectivity index (χ4v) is 5.17. The average molecular weight is 1530 g/mol. The SMILES string of the molecule is CCCCCC[n+]1[c-]n(-c2cccc(-n3[c-][n+](CCCCCC)c4ccccc43)n2)c2ccccc21.CCOCC.[Au+3].[Au+3].[Cl-].[Cl-].[I-].[I-].[I-].[I-]. The zero-order valence-electron chi connectivity index (χ0n) is 28.4. The molecule has 0 saturated carbocycles. The van der Waals surface area contributed by atoms with E-state index in [1.54, 1.807) is 0 Å². The van der Waals surface area contributed by atoms with Crippen molar-refractivity contribution in [3.8, 4) is 11.6 Å². The first kappa shape index (κ1) is 59.7. The van der Waals surface area contributed by atoms with Crippen molar-refractivity contribution >= 4 is 22.1 Å². The van der Waals surface area contributed by atoms with Crippen LogP contribution >= 0.6 is 0 Å². The summed E-state index contributed by atoms with van der Waals surface area (Å²) in [5, 5.41) is 0. The molecule has 0 atom stereocenters. The second-order valence-electron chi connectivity index (χ2n) is 10.4. The van der Waals surface area contributed by atoms with Crippen molar-refractivity contribution in [2.75, 3.05) is 13.2 Å². The van der Waals surface area contributed by atoms with Crippen molar-refractivity contribution in [1.29, 1.82) is 0 Å². The molecule has 0 saturated heterocycles. The second-order valence-corrected chi connectivity index (χ2v) is 10.4. The number of unbranched alkanes of at least 4 members (excludes halogenated alkanes) is 6. The minimum Gasteiger partial charge on any atom is -1.00 e. The zero-order chi connectivity index (χ0) is 28.9. The smallest absolute Gasteiger partial charge is 1.00 e. The normalized spacial score (nSPS) is 9.39. The van der Waals surface area contributed by atoms with E-state index >= 15 is 0 Å². The number of aromatic nitrogens is 5. The summed E-state index contributed by atoms with van der Waals surface area (Å²) in [4.78, 5) is 5.10. The number of hydrogen-bond acceptors (Lipinski definition) is 2. The molecular weight excluding hydrogens is 1480 g/mol. The minimum absolute atomic E-state index is 0. The van der Waals surface area contributed by atoms with E-state index in [1.165, 1.54) is 62.4 Å². The molecule has 0 radical (unpaired) electrons. The van der Waals surface area contributed by atoms with Crippen LogP contribution in [0, 0.1) is 12.7 Å². The van der Waals surface area contributed by atoms with Gasteiger partial charge in [0.2, 0.25) is 12.7 Å². The number of pyridine rings is 1. The molecule has 0 aliphatic heterocycles. The average Bonchev–Trinajstić information content (AvgIpc) is 3.57. The largest absolute Gasteiger partial charge is 3.00 e. The van der Waals surface area contributed by atoms with Crippen LogP contribution in [0.2, 0.25) is 0 Å². The summed E-state index contributed by atoms with van der Waals surface area (Å²) in [6.07, 6.45) is 17.1. The van der Waals surface area contributed by atoms with E-state index in [0.717, 1.165) is 49.0 Å². The molecule has 6 nitrogen and oxygen atoms in total. The summed E-state index contributed by atoms with van der Waals surface area (Å²) in [6, 6.07) is 23.3. The third-order valence-electron chi connectivity index (χ3n) is 7.32. The van der Waals surface area contributed by atoms with Crippen molar-refractivity contribution in [1.82, 2.24) is 14.1 Å². The quantitative estimate of drug-likeness (QED) is 0.0365. The van der Waals surface area contributed by atoms with E-state index in [0.29, 0.717) is 0 Å². The first-order valence-corrected chi connectivity index (χ1v) is 15.6. The monoisotopic (exact) mass is 1520 g/mol. The van der Waals surface area contributed by atoms with Gasteiger partial charge in [0.1, 0.15) is 11.6 Å². The zero-order valence-corrected chi connectivity index (χ0v) is 42.8. The van der Waals surface area contributed by atoms with Gasteiger partial charge in [0.15, 0.2) is 0 Å². The number of rotatable bonds is 14. The molecule has 0 bridgehead atoms. The summed E-state index contributed by atoms with van der Waals surface area (Å²) < 4.78 is 13.5. The Balaban J connectivity index is -0.000000465. The van der Waals surface area contributed by atoms with Crippen LogP contribution in [-0.4, -0.2) is 27.3 Å². The van der Waals surface area contributed by atoms with E-state index in [2.05, 4.69) is 112 Å². The third kappa shape index (κ3) is 17.7. The Kier molecular flexibility index (Phi) is 41.4. The van der Waals surface area contributed by atoms with Gasteiger partial charge in [-0.15, -0.1) is 0 Å². The fourth-order valence-electron chi connectivity index (χ4n) is 5.17. The number of hydrogen-bond donors (Lipinski definition) is 0. The molecule has 5 rings (SSSR count). The van der Waals surface area contributed by atoms with Crippen molar-refractivity contribution in [2.45, 2.75) is 92.2 Å². The molecule has 3 heterocycles. The number of benzene rings is 2. The van der Waals surface area contributed by atoms with Crippen LogP contribution in [0.15, 0.2) is 66.7 Å². The van der Waals surface area contributed by atoms with E-state index in [-0.39, 0.29) is 165 Å². The first-order valence-electron chi connectivity index (χ1n) is 15.6. The standard InChI is InChI=1S/C31H37N5.C4H10O.2Au.2ClH.4HI/c1-3-5-7-13-22-33-24-35(28-18-11-9-16-26(28)33)30-20-15-21-31(32-30)36-25-34(23-14-8-6-4-2)27-17-10-12-19-29(27)36;1-3-5-4-2;;;;;;;;/h9-12,15-21H,3-8,13-14,22-23H2,1-2H3;3-4H2,1-2H3;;;6*1H/q;;2*+3;;;;;;/p-6. The number of ether oxygens (including phenoxy) is 1. The minimum atomic E-state index is 0. The predicted octanol–water partition coefficient (Wildman–Crippen LogP) is -10.6. The first-order chi connectivity index (χ1) is 20.2. The van der Waals surface area contributed by atoms with Gasteiger partial charge in [-0.2, -0.15) is 0 Å². The number of para-hydroxylation sites is 4. The van der Waals surface area contributed by atoms with E-state index in [4.69, 9.17) is 9.72 Å². The molecule has 0 aliphatic rings. The van der Waals surface area contributed by atoms with Gasteiger partial charge in [-0.3, -0.25) is 4.98 Å². The molecule has 0 N–H and O–H groups in total. The Morgan fingerprint density at radius 3 is 1.29 bits per heavy atom. The van der Waals surface area contributed by atoms with Gasteiger partial charge >= 0.3 is 44.8 Å². The van der Waals surface area contributed by atoms with Crippen molar-refractivity contribution in [3.05, 3.63) is 79.4 Å². The molecule has 14 heteroatoms. The molecule has 0 unspecified atom stereocenters.